The van der Waals surface area contributed by atoms with Crippen molar-refractivity contribution < 1.29 is 14.3 Å². The van der Waals surface area contributed by atoms with Gasteiger partial charge in [0.2, 0.25) is 0 Å². The third-order valence-electron chi connectivity index (χ3n) is 6.11. The van der Waals surface area contributed by atoms with Gasteiger partial charge >= 0.3 is 0 Å². The summed E-state index contributed by atoms with van der Waals surface area (Å²) >= 11 is 0.926. The van der Waals surface area contributed by atoms with E-state index < -0.39 is 0 Å². The molecule has 2 aromatic carbocycles. The number of ether oxygens (including phenoxy) is 1. The van der Waals surface area contributed by atoms with Crippen LogP contribution in [0.25, 0.3) is 17.0 Å². The van der Waals surface area contributed by atoms with Crippen molar-refractivity contribution in [3.63, 3.8) is 0 Å². The Morgan fingerprint density at radius 1 is 1.16 bits per heavy atom. The van der Waals surface area contributed by atoms with E-state index in [0.717, 1.165) is 42.6 Å². The number of para-hydroxylation sites is 1. The van der Waals surface area contributed by atoms with Gasteiger partial charge in [-0.2, -0.15) is 0 Å². The van der Waals surface area contributed by atoms with Gasteiger partial charge in [0.15, 0.2) is 0 Å². The average molecular weight is 448 g/mol. The second-order valence-corrected chi connectivity index (χ2v) is 9.30. The number of aryl methyl sites for hydroxylation is 1. The fourth-order valence-electron chi connectivity index (χ4n) is 4.49. The number of carbonyl (C=O) groups is 2. The molecule has 0 unspecified atom stereocenters. The van der Waals surface area contributed by atoms with Crippen LogP contribution in [0.4, 0.5) is 4.79 Å². The second-order valence-electron chi connectivity index (χ2n) is 8.28. The molecule has 0 spiro atoms. The number of carbonyl (C=O) groups excluding carboxylic acids is 2. The predicted molar refractivity (Wildman–Crippen MR) is 127 cm³/mol. The zero-order valence-corrected chi connectivity index (χ0v) is 18.7. The summed E-state index contributed by atoms with van der Waals surface area (Å²) in [4.78, 5) is 25.9. The van der Waals surface area contributed by atoms with E-state index in [1.165, 1.54) is 22.9 Å². The number of fused-ring (bicyclic) bond motifs is 1. The molecule has 7 heteroatoms. The summed E-state index contributed by atoms with van der Waals surface area (Å²) in [5, 5.41) is 3.26. The van der Waals surface area contributed by atoms with Crippen LogP contribution in [0.5, 0.6) is 5.75 Å². The molecule has 2 aliphatic heterocycles. The summed E-state index contributed by atoms with van der Waals surface area (Å²) in [7, 11) is 2.10. The quantitative estimate of drug-likeness (QED) is 0.562. The van der Waals surface area contributed by atoms with Crippen LogP contribution in [-0.4, -0.2) is 39.8 Å². The number of thioether (sulfide) groups is 1. The number of likely N-dealkylation sites (tertiary alicyclic amines) is 1. The number of hydrogen-bond donors (Lipinski definition) is 1. The first kappa shape index (κ1) is 20.8. The summed E-state index contributed by atoms with van der Waals surface area (Å²) in [5.74, 6) is 0.469. The Hall–Kier alpha value is -3.03. The highest BCUT2D eigenvalue weighted by Crippen LogP contribution is 2.28. The minimum atomic E-state index is -0.340. The van der Waals surface area contributed by atoms with Crippen LogP contribution < -0.4 is 10.1 Å². The Morgan fingerprint density at radius 3 is 2.75 bits per heavy atom. The number of aromatic nitrogens is 1. The van der Waals surface area contributed by atoms with Crippen molar-refractivity contribution in [2.45, 2.75) is 25.4 Å². The van der Waals surface area contributed by atoms with E-state index in [1.54, 1.807) is 6.08 Å². The fourth-order valence-corrected chi connectivity index (χ4v) is 5.17. The summed E-state index contributed by atoms with van der Waals surface area (Å²) in [6.07, 6.45) is 6.28. The van der Waals surface area contributed by atoms with Crippen LogP contribution in [0.15, 0.2) is 59.6 Å². The van der Waals surface area contributed by atoms with Crippen molar-refractivity contribution in [1.29, 1.82) is 0 Å². The molecule has 1 atom stereocenters. The number of rotatable bonds is 6. The first-order chi connectivity index (χ1) is 15.6. The average Bonchev–Trinajstić information content (AvgIpc) is 3.46. The molecule has 2 fully saturated rings. The Morgan fingerprint density at radius 2 is 1.97 bits per heavy atom. The molecular weight excluding hydrogens is 422 g/mol. The highest BCUT2D eigenvalue weighted by atomic mass is 32.2. The molecule has 0 aliphatic carbocycles. The highest BCUT2D eigenvalue weighted by molar-refractivity contribution is 8.18. The van der Waals surface area contributed by atoms with Crippen molar-refractivity contribution in [1.82, 2.24) is 14.8 Å². The maximum atomic E-state index is 11.7. The van der Waals surface area contributed by atoms with Crippen molar-refractivity contribution in [3.8, 4) is 5.75 Å². The van der Waals surface area contributed by atoms with Crippen LogP contribution in [-0.2, 0) is 18.4 Å². The molecule has 2 amide bonds. The smallest absolute Gasteiger partial charge is 0.290 e. The standard InChI is InChI=1S/C25H25N3O3S/c1-27-14-18(21-6-2-3-7-22(21)27)15-28-12-4-5-19(28)16-31-20-10-8-17(9-11-20)13-23-24(29)26-25(30)32-23/h2-3,6-11,13-14,19H,4-5,12,15-16H2,1H3,(H,26,29,30)/t19-/m0/s1. The molecule has 1 aromatic heterocycles. The molecular formula is C25H25N3O3S. The molecule has 0 radical (unpaired) electrons. The van der Waals surface area contributed by atoms with Crippen LogP contribution in [0, 0.1) is 0 Å². The molecule has 0 saturated carbocycles. The number of amides is 2. The van der Waals surface area contributed by atoms with E-state index in [-0.39, 0.29) is 11.1 Å². The van der Waals surface area contributed by atoms with Crippen LogP contribution in [0.3, 0.4) is 0 Å². The number of nitrogens with one attached hydrogen (secondary N) is 1. The van der Waals surface area contributed by atoms with Crippen molar-refractivity contribution in [2.75, 3.05) is 13.2 Å². The lowest BCUT2D eigenvalue weighted by molar-refractivity contribution is -0.115. The third-order valence-corrected chi connectivity index (χ3v) is 6.92. The molecule has 3 aromatic rings. The van der Waals surface area contributed by atoms with Crippen LogP contribution in [0.2, 0.25) is 0 Å². The number of nitrogens with zero attached hydrogens (tertiary/aromatic N) is 2. The molecule has 2 aliphatic rings. The van der Waals surface area contributed by atoms with Gasteiger partial charge in [-0.1, -0.05) is 30.3 Å². The van der Waals surface area contributed by atoms with Gasteiger partial charge in [0.05, 0.1) is 4.91 Å². The molecule has 6 nitrogen and oxygen atoms in total. The number of hydrogen-bond acceptors (Lipinski definition) is 5. The molecule has 164 valence electrons. The summed E-state index contributed by atoms with van der Waals surface area (Å²) < 4.78 is 8.31. The van der Waals surface area contributed by atoms with Gasteiger partial charge in [-0.25, -0.2) is 0 Å². The van der Waals surface area contributed by atoms with Gasteiger partial charge in [0, 0.05) is 36.7 Å². The molecule has 3 heterocycles. The Bertz CT molecular complexity index is 1200. The van der Waals surface area contributed by atoms with E-state index in [0.29, 0.717) is 17.6 Å². The van der Waals surface area contributed by atoms with Crippen LogP contribution in [0.1, 0.15) is 24.0 Å². The van der Waals surface area contributed by atoms with Crippen molar-refractivity contribution in [3.05, 3.63) is 70.8 Å². The maximum Gasteiger partial charge on any atom is 0.290 e. The third kappa shape index (κ3) is 4.31. The van der Waals surface area contributed by atoms with Crippen molar-refractivity contribution in [2.24, 2.45) is 7.05 Å². The Kier molecular flexibility index (Phi) is 5.76. The zero-order chi connectivity index (χ0) is 22.1. The minimum Gasteiger partial charge on any atom is -0.492 e. The summed E-state index contributed by atoms with van der Waals surface area (Å²) in [6.45, 7) is 2.67. The normalized spacial score (nSPS) is 20.4. The van der Waals surface area contributed by atoms with Crippen molar-refractivity contribution >= 4 is 39.9 Å². The molecule has 1 N–H and O–H groups in total. The van der Waals surface area contributed by atoms with E-state index in [9.17, 15) is 9.59 Å². The lowest BCUT2D eigenvalue weighted by atomic mass is 10.1. The van der Waals surface area contributed by atoms with Gasteiger partial charge in [-0.15, -0.1) is 0 Å². The maximum absolute atomic E-state index is 11.7. The summed E-state index contributed by atoms with van der Waals surface area (Å²) in [5.41, 5.74) is 3.49. The number of imide groups is 1. The van der Waals surface area contributed by atoms with Gasteiger partial charge in [0.25, 0.3) is 11.1 Å². The first-order valence-electron chi connectivity index (χ1n) is 10.8. The SMILES string of the molecule is Cn1cc(CN2CCC[C@H]2COc2ccc(C=C3SC(=O)NC3=O)cc2)c2ccccc21. The zero-order valence-electron chi connectivity index (χ0n) is 17.9. The molecule has 5 rings (SSSR count). The van der Waals surface area contributed by atoms with Gasteiger partial charge in [-0.3, -0.25) is 19.8 Å². The first-order valence-corrected chi connectivity index (χ1v) is 11.6. The lowest BCUT2D eigenvalue weighted by Crippen LogP contribution is -2.33. The Labute approximate surface area is 191 Å². The van der Waals surface area contributed by atoms with Gasteiger partial charge in [-0.05, 0) is 66.6 Å². The Balaban J connectivity index is 1.21. The molecule has 2 saturated heterocycles. The van der Waals surface area contributed by atoms with E-state index in [2.05, 4.69) is 52.3 Å². The van der Waals surface area contributed by atoms with Gasteiger partial charge in [0.1, 0.15) is 12.4 Å². The highest BCUT2D eigenvalue weighted by Gasteiger charge is 2.26. The fraction of sp³-hybridized carbons (Fsp3) is 0.280. The molecule has 32 heavy (non-hydrogen) atoms. The largest absolute Gasteiger partial charge is 0.492 e. The number of benzene rings is 2. The lowest BCUT2D eigenvalue weighted by Gasteiger charge is -2.24. The van der Waals surface area contributed by atoms with Gasteiger partial charge < -0.3 is 9.30 Å². The summed E-state index contributed by atoms with van der Waals surface area (Å²) in [6, 6.07) is 16.6. The minimum absolute atomic E-state index is 0.328. The topological polar surface area (TPSA) is 63.6 Å². The van der Waals surface area contributed by atoms with E-state index >= 15 is 0 Å². The van der Waals surface area contributed by atoms with Crippen LogP contribution >= 0.6 is 11.8 Å². The van der Waals surface area contributed by atoms with E-state index in [4.69, 9.17) is 4.74 Å². The molecule has 0 bridgehead atoms. The predicted octanol–water partition coefficient (Wildman–Crippen LogP) is 4.55. The second kappa shape index (κ2) is 8.84. The van der Waals surface area contributed by atoms with E-state index in [1.807, 2.05) is 24.3 Å². The monoisotopic (exact) mass is 447 g/mol.